The van der Waals surface area contributed by atoms with Crippen molar-refractivity contribution in [3.8, 4) is 17.0 Å². The lowest BCUT2D eigenvalue weighted by atomic mass is 10.1. The third-order valence-electron chi connectivity index (χ3n) is 4.48. The lowest BCUT2D eigenvalue weighted by Gasteiger charge is -2.32. The molecule has 1 fully saturated rings. The Kier molecular flexibility index (Phi) is 4.99. The van der Waals surface area contributed by atoms with Gasteiger partial charge in [-0.1, -0.05) is 0 Å². The van der Waals surface area contributed by atoms with Gasteiger partial charge in [0, 0.05) is 18.8 Å². The Morgan fingerprint density at radius 2 is 2.18 bits per heavy atom. The number of aryl methyl sites for hydroxylation is 1. The van der Waals surface area contributed by atoms with Crippen LogP contribution in [0.4, 0.5) is 0 Å². The summed E-state index contributed by atoms with van der Waals surface area (Å²) in [7, 11) is 0. The minimum atomic E-state index is -0.183. The largest absolute Gasteiger partial charge is 0.472 e. The molecule has 9 nitrogen and oxygen atoms in total. The Labute approximate surface area is 165 Å². The zero-order valence-corrected chi connectivity index (χ0v) is 16.0. The van der Waals surface area contributed by atoms with Crippen LogP contribution in [0.5, 0.6) is 5.88 Å². The Hall–Kier alpha value is -3.32. The molecular weight excluding hydrogens is 378 g/mol. The average Bonchev–Trinajstić information content (AvgIpc) is 3.37. The van der Waals surface area contributed by atoms with Crippen LogP contribution in [0.3, 0.4) is 0 Å². The summed E-state index contributed by atoms with van der Waals surface area (Å²) in [4.78, 5) is 20.6. The molecule has 1 aliphatic rings. The highest BCUT2D eigenvalue weighted by molar-refractivity contribution is 7.09. The van der Waals surface area contributed by atoms with Gasteiger partial charge in [0.05, 0.1) is 36.3 Å². The number of piperidine rings is 1. The van der Waals surface area contributed by atoms with Crippen LogP contribution in [0.25, 0.3) is 5.00 Å². The van der Waals surface area contributed by atoms with Crippen molar-refractivity contribution in [1.29, 1.82) is 5.26 Å². The van der Waals surface area contributed by atoms with Crippen molar-refractivity contribution >= 4 is 17.4 Å². The molecule has 10 heteroatoms. The maximum Gasteiger partial charge on any atom is 0.259 e. The molecule has 0 N–H and O–H groups in total. The van der Waals surface area contributed by atoms with Crippen LogP contribution >= 0.6 is 11.5 Å². The molecule has 0 bridgehead atoms. The number of carbonyl (C=O) groups is 1. The van der Waals surface area contributed by atoms with Crippen LogP contribution in [0.1, 0.15) is 34.5 Å². The van der Waals surface area contributed by atoms with E-state index >= 15 is 0 Å². The molecule has 3 aromatic heterocycles. The SMILES string of the molecule is Cc1nsc(-n2nccn2)c1C(=O)N1CCC[C@@H](Oc2cc(C#N)ccn2)C1. The summed E-state index contributed by atoms with van der Waals surface area (Å²) in [5, 5.41) is 17.9. The minimum absolute atomic E-state index is 0.106. The summed E-state index contributed by atoms with van der Waals surface area (Å²) in [6.07, 6.45) is 6.13. The highest BCUT2D eigenvalue weighted by Crippen LogP contribution is 2.25. The minimum Gasteiger partial charge on any atom is -0.472 e. The lowest BCUT2D eigenvalue weighted by Crippen LogP contribution is -2.44. The fourth-order valence-corrected chi connectivity index (χ4v) is 3.96. The smallest absolute Gasteiger partial charge is 0.259 e. The fraction of sp³-hybridized carbons (Fsp3) is 0.333. The number of nitriles is 1. The van der Waals surface area contributed by atoms with Crippen molar-refractivity contribution in [2.75, 3.05) is 13.1 Å². The summed E-state index contributed by atoms with van der Waals surface area (Å²) in [6.45, 7) is 2.90. The van der Waals surface area contributed by atoms with Crippen molar-refractivity contribution in [2.45, 2.75) is 25.9 Å². The number of ether oxygens (including phenoxy) is 1. The van der Waals surface area contributed by atoms with Crippen molar-refractivity contribution in [3.63, 3.8) is 0 Å². The van der Waals surface area contributed by atoms with E-state index in [9.17, 15) is 4.79 Å². The van der Waals surface area contributed by atoms with E-state index < -0.39 is 0 Å². The lowest BCUT2D eigenvalue weighted by molar-refractivity contribution is 0.0527. The molecule has 142 valence electrons. The van der Waals surface area contributed by atoms with Crippen LogP contribution in [0.15, 0.2) is 30.7 Å². The third-order valence-corrected chi connectivity index (χ3v) is 5.38. The molecule has 0 spiro atoms. The molecule has 0 unspecified atom stereocenters. The van der Waals surface area contributed by atoms with Gasteiger partial charge < -0.3 is 9.64 Å². The summed E-state index contributed by atoms with van der Waals surface area (Å²) in [6, 6.07) is 5.30. The summed E-state index contributed by atoms with van der Waals surface area (Å²) < 4.78 is 10.2. The number of pyridine rings is 1. The molecule has 4 rings (SSSR count). The topological polar surface area (TPSA) is 110 Å². The quantitative estimate of drug-likeness (QED) is 0.664. The van der Waals surface area contributed by atoms with Gasteiger partial charge in [-0.2, -0.15) is 19.8 Å². The molecule has 1 amide bonds. The second-order valence-corrected chi connectivity index (χ2v) is 7.15. The number of nitrogens with zero attached hydrogens (tertiary/aromatic N) is 7. The third kappa shape index (κ3) is 3.57. The molecule has 0 aliphatic carbocycles. The van der Waals surface area contributed by atoms with Gasteiger partial charge in [-0.25, -0.2) is 4.98 Å². The summed E-state index contributed by atoms with van der Waals surface area (Å²) in [5.41, 5.74) is 1.67. The predicted octanol–water partition coefficient (Wildman–Crippen LogP) is 1.98. The van der Waals surface area contributed by atoms with Crippen LogP contribution in [0.2, 0.25) is 0 Å². The maximum atomic E-state index is 13.2. The van der Waals surface area contributed by atoms with Gasteiger partial charge in [0.2, 0.25) is 5.88 Å². The molecule has 4 heterocycles. The van der Waals surface area contributed by atoms with Crippen molar-refractivity contribution in [3.05, 3.63) is 47.5 Å². The van der Waals surface area contributed by atoms with Crippen LogP contribution in [0, 0.1) is 18.3 Å². The van der Waals surface area contributed by atoms with Crippen molar-refractivity contribution < 1.29 is 9.53 Å². The molecule has 0 radical (unpaired) electrons. The molecule has 1 aliphatic heterocycles. The second-order valence-electron chi connectivity index (χ2n) is 6.39. The number of hydrogen-bond acceptors (Lipinski definition) is 8. The predicted molar refractivity (Wildman–Crippen MR) is 100 cm³/mol. The van der Waals surface area contributed by atoms with E-state index in [4.69, 9.17) is 10.00 Å². The van der Waals surface area contributed by atoms with Crippen molar-refractivity contribution in [2.24, 2.45) is 0 Å². The van der Waals surface area contributed by atoms with E-state index in [1.54, 1.807) is 35.6 Å². The van der Waals surface area contributed by atoms with E-state index in [1.807, 2.05) is 6.92 Å². The fourth-order valence-electron chi connectivity index (χ4n) is 3.15. The first kappa shape index (κ1) is 18.1. The van der Waals surface area contributed by atoms with Gasteiger partial charge in [0.1, 0.15) is 11.7 Å². The first-order valence-electron chi connectivity index (χ1n) is 8.80. The second kappa shape index (κ2) is 7.74. The van der Waals surface area contributed by atoms with Crippen molar-refractivity contribution in [1.82, 2.24) is 29.3 Å². The molecule has 3 aromatic rings. The number of carbonyl (C=O) groups excluding carboxylic acids is 1. The normalized spacial score (nSPS) is 16.6. The molecular formula is C18H17N7O2S. The number of rotatable bonds is 4. The molecule has 0 saturated carbocycles. The number of hydrogen-bond donors (Lipinski definition) is 0. The van der Waals surface area contributed by atoms with Gasteiger partial charge >= 0.3 is 0 Å². The van der Waals surface area contributed by atoms with Gasteiger partial charge in [-0.05, 0) is 37.4 Å². The van der Waals surface area contributed by atoms with Crippen LogP contribution in [-0.2, 0) is 0 Å². The monoisotopic (exact) mass is 395 g/mol. The van der Waals surface area contributed by atoms with Gasteiger partial charge in [0.25, 0.3) is 5.91 Å². The molecule has 1 saturated heterocycles. The summed E-state index contributed by atoms with van der Waals surface area (Å²) >= 11 is 1.20. The van der Waals surface area contributed by atoms with Gasteiger partial charge in [0.15, 0.2) is 5.00 Å². The van der Waals surface area contributed by atoms with E-state index in [2.05, 4.69) is 25.6 Å². The highest BCUT2D eigenvalue weighted by Gasteiger charge is 2.30. The number of likely N-dealkylation sites (tertiary alicyclic amines) is 1. The molecule has 28 heavy (non-hydrogen) atoms. The molecule has 0 aromatic carbocycles. The van der Waals surface area contributed by atoms with Gasteiger partial charge in [-0.3, -0.25) is 4.79 Å². The molecule has 1 atom stereocenters. The zero-order chi connectivity index (χ0) is 19.5. The number of amides is 1. The maximum absolute atomic E-state index is 13.2. The standard InChI is InChI=1S/C18H17N7O2S/c1-12-16(18(28-23-12)25-21-6-7-22-25)17(26)24-8-2-3-14(11-24)27-15-9-13(10-19)4-5-20-15/h4-7,9,14H,2-3,8,11H2,1H3/t14-/m1/s1. The summed E-state index contributed by atoms with van der Waals surface area (Å²) in [5.74, 6) is 0.291. The Bertz CT molecular complexity index is 1020. The number of aromatic nitrogens is 5. The van der Waals surface area contributed by atoms with E-state index in [0.717, 1.165) is 12.8 Å². The first-order chi connectivity index (χ1) is 13.7. The highest BCUT2D eigenvalue weighted by atomic mass is 32.1. The van der Waals surface area contributed by atoms with E-state index in [-0.39, 0.29) is 12.0 Å². The zero-order valence-electron chi connectivity index (χ0n) is 15.1. The van der Waals surface area contributed by atoms with Crippen LogP contribution < -0.4 is 4.74 Å². The Balaban J connectivity index is 1.51. The average molecular weight is 395 g/mol. The van der Waals surface area contributed by atoms with E-state index in [1.165, 1.54) is 16.3 Å². The Morgan fingerprint density at radius 1 is 1.36 bits per heavy atom. The Morgan fingerprint density at radius 3 is 2.96 bits per heavy atom. The van der Waals surface area contributed by atoms with E-state index in [0.29, 0.717) is 40.8 Å². The van der Waals surface area contributed by atoms with Crippen LogP contribution in [-0.4, -0.2) is 54.4 Å². The van der Waals surface area contributed by atoms with Gasteiger partial charge in [-0.15, -0.1) is 4.80 Å². The first-order valence-corrected chi connectivity index (χ1v) is 9.58.